The number of thioether (sulfide) groups is 2. The standard InChI is InChI=1S/C10H17N3O2S2/c14-9-5-11-8(4-12-9)10(15)13-3-7-6-16-1-2-17-7/h7-8,11H,1-6H2,(H,12,14)(H,13,15). The molecule has 2 heterocycles. The average molecular weight is 275 g/mol. The summed E-state index contributed by atoms with van der Waals surface area (Å²) in [6.45, 7) is 1.34. The summed E-state index contributed by atoms with van der Waals surface area (Å²) >= 11 is 3.87. The maximum atomic E-state index is 11.8. The summed E-state index contributed by atoms with van der Waals surface area (Å²) in [4.78, 5) is 22.7. The molecule has 7 heteroatoms. The minimum absolute atomic E-state index is 0.0128. The molecule has 2 atom stereocenters. The zero-order valence-electron chi connectivity index (χ0n) is 9.53. The molecular weight excluding hydrogens is 258 g/mol. The number of carbonyl (C=O) groups is 2. The molecule has 0 radical (unpaired) electrons. The third-order valence-electron chi connectivity index (χ3n) is 2.72. The highest BCUT2D eigenvalue weighted by Gasteiger charge is 2.24. The largest absolute Gasteiger partial charge is 0.354 e. The Hall–Kier alpha value is -0.400. The van der Waals surface area contributed by atoms with E-state index in [2.05, 4.69) is 16.0 Å². The van der Waals surface area contributed by atoms with E-state index in [9.17, 15) is 9.59 Å². The molecule has 5 nitrogen and oxygen atoms in total. The van der Waals surface area contributed by atoms with Crippen LogP contribution in [0.1, 0.15) is 0 Å². The zero-order chi connectivity index (χ0) is 12.1. The number of hydrogen-bond acceptors (Lipinski definition) is 5. The Morgan fingerprint density at radius 2 is 2.35 bits per heavy atom. The molecule has 0 aliphatic carbocycles. The Morgan fingerprint density at radius 1 is 1.47 bits per heavy atom. The smallest absolute Gasteiger partial charge is 0.239 e. The van der Waals surface area contributed by atoms with Crippen molar-refractivity contribution in [3.8, 4) is 0 Å². The second kappa shape index (κ2) is 6.51. The van der Waals surface area contributed by atoms with E-state index in [1.54, 1.807) is 0 Å². The minimum atomic E-state index is -0.283. The molecule has 0 bridgehead atoms. The van der Waals surface area contributed by atoms with Crippen molar-refractivity contribution in [3.63, 3.8) is 0 Å². The molecule has 2 rings (SSSR count). The van der Waals surface area contributed by atoms with Crippen LogP contribution in [0.5, 0.6) is 0 Å². The molecule has 2 amide bonds. The van der Waals surface area contributed by atoms with Crippen LogP contribution in [-0.4, -0.2) is 60.0 Å². The quantitative estimate of drug-likeness (QED) is 0.619. The van der Waals surface area contributed by atoms with Crippen LogP contribution in [0.2, 0.25) is 0 Å². The molecule has 0 aromatic carbocycles. The summed E-state index contributed by atoms with van der Waals surface area (Å²) < 4.78 is 0. The highest BCUT2D eigenvalue weighted by Crippen LogP contribution is 2.23. The molecule has 17 heavy (non-hydrogen) atoms. The predicted octanol–water partition coefficient (Wildman–Crippen LogP) is -0.961. The first-order chi connectivity index (χ1) is 8.25. The summed E-state index contributed by atoms with van der Waals surface area (Å²) in [5.74, 6) is 3.43. The second-order valence-corrected chi connectivity index (χ2v) is 6.61. The van der Waals surface area contributed by atoms with Crippen LogP contribution in [0.3, 0.4) is 0 Å². The number of hydrogen-bond donors (Lipinski definition) is 3. The van der Waals surface area contributed by atoms with Gasteiger partial charge in [0.15, 0.2) is 0 Å². The average Bonchev–Trinajstić information content (AvgIpc) is 2.38. The van der Waals surface area contributed by atoms with Crippen LogP contribution in [0, 0.1) is 0 Å². The molecule has 0 aromatic heterocycles. The van der Waals surface area contributed by atoms with Gasteiger partial charge in [-0.15, -0.1) is 0 Å². The topological polar surface area (TPSA) is 70.2 Å². The second-order valence-electron chi connectivity index (χ2n) is 4.05. The van der Waals surface area contributed by atoms with Crippen molar-refractivity contribution in [3.05, 3.63) is 0 Å². The summed E-state index contributed by atoms with van der Waals surface area (Å²) in [5.41, 5.74) is 0. The van der Waals surface area contributed by atoms with Gasteiger partial charge in [-0.05, 0) is 0 Å². The fourth-order valence-electron chi connectivity index (χ4n) is 1.74. The molecule has 3 N–H and O–H groups in total. The van der Waals surface area contributed by atoms with Crippen LogP contribution in [-0.2, 0) is 9.59 Å². The Labute approximate surface area is 109 Å². The van der Waals surface area contributed by atoms with Crippen molar-refractivity contribution in [1.29, 1.82) is 0 Å². The Morgan fingerprint density at radius 3 is 3.00 bits per heavy atom. The lowest BCUT2D eigenvalue weighted by Crippen LogP contribution is -2.58. The van der Waals surface area contributed by atoms with Gasteiger partial charge in [0.25, 0.3) is 0 Å². The van der Waals surface area contributed by atoms with Gasteiger partial charge in [-0.2, -0.15) is 23.5 Å². The van der Waals surface area contributed by atoms with Gasteiger partial charge >= 0.3 is 0 Å². The Bertz CT molecular complexity index is 285. The molecule has 2 fully saturated rings. The molecule has 2 saturated heterocycles. The summed E-state index contributed by atoms with van der Waals surface area (Å²) in [6.07, 6.45) is 0. The number of rotatable bonds is 3. The van der Waals surface area contributed by atoms with Crippen LogP contribution < -0.4 is 16.0 Å². The van der Waals surface area contributed by atoms with Crippen LogP contribution in [0.25, 0.3) is 0 Å². The molecule has 0 aromatic rings. The van der Waals surface area contributed by atoms with E-state index in [1.807, 2.05) is 23.5 Å². The minimum Gasteiger partial charge on any atom is -0.354 e. The molecule has 2 aliphatic heterocycles. The Balaban J connectivity index is 1.67. The highest BCUT2D eigenvalue weighted by molar-refractivity contribution is 8.06. The number of carbonyl (C=O) groups excluding carboxylic acids is 2. The van der Waals surface area contributed by atoms with Gasteiger partial charge in [0.2, 0.25) is 11.8 Å². The van der Waals surface area contributed by atoms with Crippen LogP contribution in [0.4, 0.5) is 0 Å². The first kappa shape index (κ1) is 13.0. The van der Waals surface area contributed by atoms with Gasteiger partial charge in [0, 0.05) is 35.6 Å². The van der Waals surface area contributed by atoms with E-state index in [4.69, 9.17) is 0 Å². The van der Waals surface area contributed by atoms with Crippen molar-refractivity contribution < 1.29 is 9.59 Å². The molecular formula is C10H17N3O2S2. The fraction of sp³-hybridized carbons (Fsp3) is 0.800. The maximum absolute atomic E-state index is 11.8. The van der Waals surface area contributed by atoms with Gasteiger partial charge in [-0.1, -0.05) is 0 Å². The lowest BCUT2D eigenvalue weighted by atomic mass is 10.2. The van der Waals surface area contributed by atoms with Gasteiger partial charge in [-0.25, -0.2) is 0 Å². The molecule has 2 aliphatic rings. The summed E-state index contributed by atoms with van der Waals surface area (Å²) in [7, 11) is 0. The zero-order valence-corrected chi connectivity index (χ0v) is 11.2. The number of amides is 2. The van der Waals surface area contributed by atoms with Gasteiger partial charge < -0.3 is 10.6 Å². The third-order valence-corrected chi connectivity index (χ3v) is 5.56. The number of piperazine rings is 1. The van der Waals surface area contributed by atoms with Crippen molar-refractivity contribution in [2.24, 2.45) is 0 Å². The molecule has 0 saturated carbocycles. The van der Waals surface area contributed by atoms with Gasteiger partial charge in [0.05, 0.1) is 6.54 Å². The lowest BCUT2D eigenvalue weighted by molar-refractivity contribution is -0.126. The lowest BCUT2D eigenvalue weighted by Gasteiger charge is -2.25. The SMILES string of the molecule is O=C1CNC(C(=O)NCC2CSCCS2)CN1. The van der Waals surface area contributed by atoms with E-state index >= 15 is 0 Å². The van der Waals surface area contributed by atoms with Gasteiger partial charge in [0.1, 0.15) is 6.04 Å². The Kier molecular flexibility index (Phi) is 4.99. The van der Waals surface area contributed by atoms with Crippen molar-refractivity contribution in [2.45, 2.75) is 11.3 Å². The van der Waals surface area contributed by atoms with E-state index in [-0.39, 0.29) is 24.4 Å². The van der Waals surface area contributed by atoms with Crippen molar-refractivity contribution in [2.75, 3.05) is 36.9 Å². The summed E-state index contributed by atoms with van der Waals surface area (Å²) in [5, 5.41) is 9.07. The van der Waals surface area contributed by atoms with E-state index in [0.717, 1.165) is 12.3 Å². The molecule has 2 unspecified atom stereocenters. The third kappa shape index (κ3) is 4.08. The molecule has 96 valence electrons. The number of nitrogens with one attached hydrogen (secondary N) is 3. The highest BCUT2D eigenvalue weighted by atomic mass is 32.2. The summed E-state index contributed by atoms with van der Waals surface area (Å²) in [6, 6.07) is -0.283. The van der Waals surface area contributed by atoms with E-state index < -0.39 is 0 Å². The van der Waals surface area contributed by atoms with Crippen LogP contribution >= 0.6 is 23.5 Å². The fourth-order valence-corrected chi connectivity index (χ4v) is 4.36. The first-order valence-electron chi connectivity index (χ1n) is 5.73. The molecule has 0 spiro atoms. The predicted molar refractivity (Wildman–Crippen MR) is 71.4 cm³/mol. The van der Waals surface area contributed by atoms with E-state index in [1.165, 1.54) is 11.5 Å². The normalized spacial score (nSPS) is 29.5. The first-order valence-corrected chi connectivity index (χ1v) is 7.93. The maximum Gasteiger partial charge on any atom is 0.239 e. The van der Waals surface area contributed by atoms with Gasteiger partial charge in [-0.3, -0.25) is 14.9 Å². The monoisotopic (exact) mass is 275 g/mol. The van der Waals surface area contributed by atoms with Crippen molar-refractivity contribution >= 4 is 35.3 Å². The van der Waals surface area contributed by atoms with Crippen LogP contribution in [0.15, 0.2) is 0 Å². The van der Waals surface area contributed by atoms with E-state index in [0.29, 0.717) is 11.8 Å². The van der Waals surface area contributed by atoms with Crippen molar-refractivity contribution in [1.82, 2.24) is 16.0 Å².